The van der Waals surface area contributed by atoms with Gasteiger partial charge in [-0.3, -0.25) is 4.79 Å². The molecule has 1 aromatic heterocycles. The number of carboxylic acid groups (broad SMARTS) is 1. The van der Waals surface area contributed by atoms with Crippen molar-refractivity contribution in [1.29, 1.82) is 0 Å². The fourth-order valence-electron chi connectivity index (χ4n) is 2.45. The van der Waals surface area contributed by atoms with E-state index in [4.69, 9.17) is 4.74 Å². The molecule has 0 saturated carbocycles. The summed E-state index contributed by atoms with van der Waals surface area (Å²) in [4.78, 5) is 23.7. The number of benzene rings is 1. The molecule has 1 amide bonds. The molecule has 2 rings (SSSR count). The van der Waals surface area contributed by atoms with Crippen molar-refractivity contribution < 1.29 is 19.4 Å². The molecule has 26 heavy (non-hydrogen) atoms. The first-order valence-corrected chi connectivity index (χ1v) is 8.43. The third kappa shape index (κ3) is 4.38. The first-order valence-electron chi connectivity index (χ1n) is 8.43. The van der Waals surface area contributed by atoms with Gasteiger partial charge in [0, 0.05) is 0 Å². The second-order valence-corrected chi connectivity index (χ2v) is 6.63. The van der Waals surface area contributed by atoms with Gasteiger partial charge in [-0.1, -0.05) is 19.1 Å². The molecule has 1 heterocycles. The van der Waals surface area contributed by atoms with Crippen molar-refractivity contribution in [2.45, 2.75) is 46.8 Å². The fraction of sp³-hybridized carbons (Fsp3) is 0.444. The van der Waals surface area contributed by atoms with Gasteiger partial charge in [0.25, 0.3) is 5.91 Å². The van der Waals surface area contributed by atoms with Gasteiger partial charge in [0.1, 0.15) is 11.8 Å². The van der Waals surface area contributed by atoms with Gasteiger partial charge >= 0.3 is 5.97 Å². The molecule has 1 aromatic carbocycles. The molecule has 8 heteroatoms. The highest BCUT2D eigenvalue weighted by Gasteiger charge is 2.26. The summed E-state index contributed by atoms with van der Waals surface area (Å²) in [5.41, 5.74) is 1.34. The first kappa shape index (κ1) is 19.4. The maximum Gasteiger partial charge on any atom is 0.326 e. The number of aliphatic carboxylic acids is 1. The predicted molar refractivity (Wildman–Crippen MR) is 95.6 cm³/mol. The van der Waals surface area contributed by atoms with Crippen LogP contribution in [0.2, 0.25) is 0 Å². The number of rotatable bonds is 7. The molecule has 0 aliphatic heterocycles. The van der Waals surface area contributed by atoms with Gasteiger partial charge < -0.3 is 15.2 Å². The average molecular weight is 360 g/mol. The minimum atomic E-state index is -1.08. The Morgan fingerprint density at radius 2 is 1.77 bits per heavy atom. The van der Waals surface area contributed by atoms with E-state index >= 15 is 0 Å². The smallest absolute Gasteiger partial charge is 0.326 e. The summed E-state index contributed by atoms with van der Waals surface area (Å²) in [5.74, 6) is -1.16. The van der Waals surface area contributed by atoms with E-state index in [1.165, 1.54) is 4.68 Å². The van der Waals surface area contributed by atoms with E-state index in [1.54, 1.807) is 20.8 Å². The summed E-state index contributed by atoms with van der Waals surface area (Å²) in [6.45, 7) is 9.05. The van der Waals surface area contributed by atoms with E-state index < -0.39 is 17.9 Å². The van der Waals surface area contributed by atoms with Crippen LogP contribution in [-0.2, 0) is 4.79 Å². The average Bonchev–Trinajstić information content (AvgIpc) is 2.93. The van der Waals surface area contributed by atoms with Crippen molar-refractivity contribution in [1.82, 2.24) is 20.3 Å². The van der Waals surface area contributed by atoms with E-state index in [2.05, 4.69) is 15.6 Å². The molecule has 0 aliphatic rings. The number of carboxylic acids is 1. The Kier molecular flexibility index (Phi) is 5.97. The van der Waals surface area contributed by atoms with Crippen molar-refractivity contribution in [2.75, 3.05) is 0 Å². The number of hydrogen-bond acceptors (Lipinski definition) is 5. The molecule has 0 saturated heterocycles. The number of carbonyl (C=O) groups is 2. The number of aromatic nitrogens is 3. The Labute approximate surface area is 152 Å². The number of ether oxygens (including phenoxy) is 1. The number of carbonyl (C=O) groups excluding carboxylic acids is 1. The van der Waals surface area contributed by atoms with E-state index in [1.807, 2.05) is 38.1 Å². The summed E-state index contributed by atoms with van der Waals surface area (Å²) in [5, 5.41) is 19.6. The molecule has 1 atom stereocenters. The van der Waals surface area contributed by atoms with Crippen LogP contribution in [0, 0.1) is 12.8 Å². The van der Waals surface area contributed by atoms with Crippen LogP contribution in [0.15, 0.2) is 24.3 Å². The molecule has 8 nitrogen and oxygen atoms in total. The van der Waals surface area contributed by atoms with Crippen molar-refractivity contribution in [3.63, 3.8) is 0 Å². The quantitative estimate of drug-likeness (QED) is 0.784. The van der Waals surface area contributed by atoms with Crippen LogP contribution in [0.25, 0.3) is 5.69 Å². The summed E-state index contributed by atoms with van der Waals surface area (Å²) >= 11 is 0. The van der Waals surface area contributed by atoms with E-state index in [0.29, 0.717) is 5.69 Å². The zero-order valence-corrected chi connectivity index (χ0v) is 15.6. The third-order valence-electron chi connectivity index (χ3n) is 3.78. The molecule has 0 bridgehead atoms. The normalized spacial score (nSPS) is 12.3. The highest BCUT2D eigenvalue weighted by molar-refractivity contribution is 5.95. The monoisotopic (exact) mass is 360 g/mol. The van der Waals surface area contributed by atoms with Crippen molar-refractivity contribution in [2.24, 2.45) is 5.92 Å². The lowest BCUT2D eigenvalue weighted by molar-refractivity contribution is -0.140. The zero-order valence-electron chi connectivity index (χ0n) is 15.6. The molecule has 2 N–H and O–H groups in total. The van der Waals surface area contributed by atoms with Crippen LogP contribution < -0.4 is 10.1 Å². The number of nitrogens with one attached hydrogen (secondary N) is 1. The van der Waals surface area contributed by atoms with Crippen molar-refractivity contribution in [3.05, 3.63) is 35.7 Å². The Hall–Kier alpha value is -2.90. The van der Waals surface area contributed by atoms with Gasteiger partial charge in [0.15, 0.2) is 5.69 Å². The lowest BCUT2D eigenvalue weighted by Gasteiger charge is -2.17. The Bertz CT molecular complexity index is 781. The van der Waals surface area contributed by atoms with Crippen molar-refractivity contribution in [3.8, 4) is 11.4 Å². The maximum absolute atomic E-state index is 12.4. The van der Waals surface area contributed by atoms with Crippen LogP contribution in [-0.4, -0.2) is 44.1 Å². The lowest BCUT2D eigenvalue weighted by atomic mass is 10.0. The van der Waals surface area contributed by atoms with Gasteiger partial charge in [0.2, 0.25) is 0 Å². The van der Waals surface area contributed by atoms with Crippen LogP contribution in [0.3, 0.4) is 0 Å². The van der Waals surface area contributed by atoms with E-state index in [-0.39, 0.29) is 17.7 Å². The highest BCUT2D eigenvalue weighted by atomic mass is 16.5. The summed E-state index contributed by atoms with van der Waals surface area (Å²) in [6, 6.07) is 6.27. The summed E-state index contributed by atoms with van der Waals surface area (Å²) in [6.07, 6.45) is 0.0763. The highest BCUT2D eigenvalue weighted by Crippen LogP contribution is 2.18. The Morgan fingerprint density at radius 1 is 1.15 bits per heavy atom. The van der Waals surface area contributed by atoms with Gasteiger partial charge in [-0.25, -0.2) is 9.48 Å². The topological polar surface area (TPSA) is 106 Å². The van der Waals surface area contributed by atoms with Gasteiger partial charge in [-0.15, -0.1) is 5.10 Å². The van der Waals surface area contributed by atoms with Crippen molar-refractivity contribution >= 4 is 11.9 Å². The zero-order chi connectivity index (χ0) is 19.4. The number of amides is 1. The van der Waals surface area contributed by atoms with Crippen LogP contribution in [0.5, 0.6) is 5.75 Å². The summed E-state index contributed by atoms with van der Waals surface area (Å²) in [7, 11) is 0. The predicted octanol–water partition coefficient (Wildman–Crippen LogP) is 2.20. The molecule has 0 aliphatic carbocycles. The number of nitrogens with zero attached hydrogens (tertiary/aromatic N) is 3. The van der Waals surface area contributed by atoms with Gasteiger partial charge in [-0.2, -0.15) is 0 Å². The molecule has 140 valence electrons. The second-order valence-electron chi connectivity index (χ2n) is 6.63. The van der Waals surface area contributed by atoms with Crippen LogP contribution in [0.1, 0.15) is 43.9 Å². The first-order chi connectivity index (χ1) is 12.2. The van der Waals surface area contributed by atoms with Crippen LogP contribution >= 0.6 is 0 Å². The molecule has 0 spiro atoms. The van der Waals surface area contributed by atoms with E-state index in [0.717, 1.165) is 11.4 Å². The van der Waals surface area contributed by atoms with E-state index in [9.17, 15) is 14.7 Å². The molecular formula is C18H24N4O4. The minimum absolute atomic E-state index is 0.0763. The molecule has 1 unspecified atom stereocenters. The third-order valence-corrected chi connectivity index (χ3v) is 3.78. The maximum atomic E-state index is 12.4. The SMILES string of the molecule is Cc1c(C(=O)NC(C(=O)O)C(C)C)nnn1-c1ccc(OC(C)C)cc1. The lowest BCUT2D eigenvalue weighted by Crippen LogP contribution is -2.44. The fourth-order valence-corrected chi connectivity index (χ4v) is 2.45. The standard InChI is InChI=1S/C18H24N4O4/c1-10(2)15(18(24)25)19-17(23)16-12(5)22(21-20-16)13-6-8-14(9-7-13)26-11(3)4/h6-11,15H,1-5H3,(H,19,23)(H,24,25). The number of hydrogen-bond donors (Lipinski definition) is 2. The molecule has 0 radical (unpaired) electrons. The van der Waals surface area contributed by atoms with Gasteiger partial charge in [0.05, 0.1) is 17.5 Å². The molecule has 2 aromatic rings. The Morgan fingerprint density at radius 3 is 2.27 bits per heavy atom. The van der Waals surface area contributed by atoms with Crippen LogP contribution in [0.4, 0.5) is 0 Å². The molecule has 0 fully saturated rings. The van der Waals surface area contributed by atoms with Gasteiger partial charge in [-0.05, 0) is 51.0 Å². The minimum Gasteiger partial charge on any atom is -0.491 e. The summed E-state index contributed by atoms with van der Waals surface area (Å²) < 4.78 is 7.13. The molecular weight excluding hydrogens is 336 g/mol. The Balaban J connectivity index is 2.21. The largest absolute Gasteiger partial charge is 0.491 e. The second kappa shape index (κ2) is 7.99.